The van der Waals surface area contributed by atoms with Crippen LogP contribution in [0.5, 0.6) is 5.75 Å². The van der Waals surface area contributed by atoms with Crippen molar-refractivity contribution >= 4 is 39.4 Å². The molecule has 1 heterocycles. The summed E-state index contributed by atoms with van der Waals surface area (Å²) in [5.74, 6) is 0.233. The normalized spacial score (nSPS) is 15.4. The predicted octanol–water partition coefficient (Wildman–Crippen LogP) is 3.96. The molecule has 3 rings (SSSR count). The van der Waals surface area contributed by atoms with Crippen molar-refractivity contribution in [3.63, 3.8) is 0 Å². The van der Waals surface area contributed by atoms with E-state index in [0.29, 0.717) is 5.56 Å². The zero-order chi connectivity index (χ0) is 16.2. The second-order valence-corrected chi connectivity index (χ2v) is 6.72. The van der Waals surface area contributed by atoms with E-state index in [9.17, 15) is 5.11 Å². The quantitative estimate of drug-likeness (QED) is 0.801. The number of anilines is 1. The lowest BCUT2D eigenvalue weighted by molar-refractivity contribution is 0.272. The van der Waals surface area contributed by atoms with Crippen LogP contribution in [0, 0.1) is 0 Å². The molecule has 6 heteroatoms. The second-order valence-electron chi connectivity index (χ2n) is 5.36. The molecule has 1 saturated heterocycles. The molecule has 0 amide bonds. The SMILES string of the molecule is Oc1ccc(Br)cc1C=NN1CCN(c2ccc(Cl)cc2)CC1. The predicted molar refractivity (Wildman–Crippen MR) is 98.6 cm³/mol. The Balaban J connectivity index is 1.59. The monoisotopic (exact) mass is 393 g/mol. The number of phenols is 1. The molecule has 0 bridgehead atoms. The molecule has 0 unspecified atom stereocenters. The average molecular weight is 395 g/mol. The molecule has 23 heavy (non-hydrogen) atoms. The van der Waals surface area contributed by atoms with Crippen molar-refractivity contribution < 1.29 is 5.11 Å². The summed E-state index contributed by atoms with van der Waals surface area (Å²) in [6.45, 7) is 3.49. The van der Waals surface area contributed by atoms with Crippen LogP contribution >= 0.6 is 27.5 Å². The van der Waals surface area contributed by atoms with Crippen LogP contribution in [0.3, 0.4) is 0 Å². The van der Waals surface area contributed by atoms with Gasteiger partial charge in [0.15, 0.2) is 0 Å². The lowest BCUT2D eigenvalue weighted by atomic mass is 10.2. The highest BCUT2D eigenvalue weighted by atomic mass is 79.9. The molecule has 1 fully saturated rings. The molecule has 2 aromatic rings. The maximum atomic E-state index is 9.83. The number of aromatic hydroxyl groups is 1. The molecule has 1 aliphatic rings. The molecular weight excluding hydrogens is 378 g/mol. The highest BCUT2D eigenvalue weighted by Crippen LogP contribution is 2.21. The van der Waals surface area contributed by atoms with Crippen molar-refractivity contribution in [3.05, 3.63) is 57.5 Å². The van der Waals surface area contributed by atoms with Crippen molar-refractivity contribution in [3.8, 4) is 5.75 Å². The number of piperazine rings is 1. The summed E-state index contributed by atoms with van der Waals surface area (Å²) in [4.78, 5) is 2.32. The molecule has 120 valence electrons. The van der Waals surface area contributed by atoms with Gasteiger partial charge in [-0.2, -0.15) is 5.10 Å². The van der Waals surface area contributed by atoms with Gasteiger partial charge in [-0.25, -0.2) is 0 Å². The van der Waals surface area contributed by atoms with Crippen LogP contribution in [-0.2, 0) is 0 Å². The van der Waals surface area contributed by atoms with Crippen LogP contribution in [0.4, 0.5) is 5.69 Å². The van der Waals surface area contributed by atoms with Crippen LogP contribution in [-0.4, -0.2) is 42.5 Å². The molecule has 4 nitrogen and oxygen atoms in total. The number of hydrazone groups is 1. The van der Waals surface area contributed by atoms with E-state index in [1.165, 1.54) is 5.69 Å². The van der Waals surface area contributed by atoms with E-state index >= 15 is 0 Å². The van der Waals surface area contributed by atoms with Gasteiger partial charge < -0.3 is 10.0 Å². The first kappa shape index (κ1) is 16.1. The van der Waals surface area contributed by atoms with E-state index in [0.717, 1.165) is 35.7 Å². The lowest BCUT2D eigenvalue weighted by Crippen LogP contribution is -2.44. The van der Waals surface area contributed by atoms with E-state index in [1.54, 1.807) is 18.3 Å². The smallest absolute Gasteiger partial charge is 0.124 e. The summed E-state index contributed by atoms with van der Waals surface area (Å²) < 4.78 is 0.921. The van der Waals surface area contributed by atoms with Gasteiger partial charge in [-0.15, -0.1) is 0 Å². The first-order valence-electron chi connectivity index (χ1n) is 7.40. The summed E-state index contributed by atoms with van der Waals surface area (Å²) in [5, 5.41) is 17.1. The van der Waals surface area contributed by atoms with Gasteiger partial charge in [0, 0.05) is 33.8 Å². The fourth-order valence-electron chi connectivity index (χ4n) is 2.49. The number of nitrogens with zero attached hydrogens (tertiary/aromatic N) is 3. The topological polar surface area (TPSA) is 39.1 Å². The number of hydrogen-bond acceptors (Lipinski definition) is 4. The van der Waals surface area contributed by atoms with Crippen molar-refractivity contribution in [2.24, 2.45) is 5.10 Å². The van der Waals surface area contributed by atoms with Crippen molar-refractivity contribution in [1.82, 2.24) is 5.01 Å². The Kier molecular flexibility index (Phi) is 5.08. The van der Waals surface area contributed by atoms with Gasteiger partial charge in [0.05, 0.1) is 19.3 Å². The molecular formula is C17H17BrClN3O. The van der Waals surface area contributed by atoms with E-state index in [1.807, 2.05) is 35.3 Å². The van der Waals surface area contributed by atoms with Gasteiger partial charge >= 0.3 is 0 Å². The Hall–Kier alpha value is -1.72. The number of benzene rings is 2. The van der Waals surface area contributed by atoms with Gasteiger partial charge in [-0.05, 0) is 42.5 Å². The van der Waals surface area contributed by atoms with E-state index in [-0.39, 0.29) is 5.75 Å². The fourth-order valence-corrected chi connectivity index (χ4v) is 3.00. The molecule has 0 spiro atoms. The van der Waals surface area contributed by atoms with Crippen LogP contribution in [0.25, 0.3) is 0 Å². The van der Waals surface area contributed by atoms with Crippen LogP contribution in [0.15, 0.2) is 52.0 Å². The van der Waals surface area contributed by atoms with Crippen LogP contribution in [0.1, 0.15) is 5.56 Å². The van der Waals surface area contributed by atoms with E-state index in [2.05, 4.69) is 25.9 Å². The van der Waals surface area contributed by atoms with Crippen molar-refractivity contribution in [1.29, 1.82) is 0 Å². The highest BCUT2D eigenvalue weighted by Gasteiger charge is 2.15. The maximum Gasteiger partial charge on any atom is 0.124 e. The summed E-state index contributed by atoms with van der Waals surface area (Å²) in [6, 6.07) is 13.2. The minimum atomic E-state index is 0.233. The molecule has 0 aromatic heterocycles. The van der Waals surface area contributed by atoms with E-state index < -0.39 is 0 Å². The summed E-state index contributed by atoms with van der Waals surface area (Å²) >= 11 is 9.33. The molecule has 1 aliphatic heterocycles. The molecule has 0 saturated carbocycles. The molecule has 0 aliphatic carbocycles. The summed E-state index contributed by atoms with van der Waals surface area (Å²) in [6.07, 6.45) is 1.71. The van der Waals surface area contributed by atoms with Crippen LogP contribution < -0.4 is 4.90 Å². The van der Waals surface area contributed by atoms with Gasteiger partial charge in [0.1, 0.15) is 5.75 Å². The maximum absolute atomic E-state index is 9.83. The number of hydrogen-bond donors (Lipinski definition) is 1. The van der Waals surface area contributed by atoms with Gasteiger partial charge in [0.2, 0.25) is 0 Å². The average Bonchev–Trinajstić information content (AvgIpc) is 2.57. The highest BCUT2D eigenvalue weighted by molar-refractivity contribution is 9.10. The number of rotatable bonds is 3. The Bertz CT molecular complexity index is 697. The Morgan fingerprint density at radius 1 is 1.04 bits per heavy atom. The van der Waals surface area contributed by atoms with Crippen molar-refractivity contribution in [2.45, 2.75) is 0 Å². The third-order valence-corrected chi connectivity index (χ3v) is 4.54. The van der Waals surface area contributed by atoms with Gasteiger partial charge in [-0.1, -0.05) is 27.5 Å². The Labute approximate surface area is 149 Å². The largest absolute Gasteiger partial charge is 0.507 e. The fraction of sp³-hybridized carbons (Fsp3) is 0.235. The zero-order valence-corrected chi connectivity index (χ0v) is 14.8. The molecule has 0 atom stereocenters. The molecule has 2 aromatic carbocycles. The first-order chi connectivity index (χ1) is 11.1. The minimum absolute atomic E-state index is 0.233. The lowest BCUT2D eigenvalue weighted by Gasteiger charge is -2.34. The van der Waals surface area contributed by atoms with Gasteiger partial charge in [0.25, 0.3) is 0 Å². The van der Waals surface area contributed by atoms with Gasteiger partial charge in [-0.3, -0.25) is 5.01 Å². The minimum Gasteiger partial charge on any atom is -0.507 e. The third kappa shape index (κ3) is 4.18. The number of halogens is 2. The third-order valence-electron chi connectivity index (χ3n) is 3.80. The van der Waals surface area contributed by atoms with E-state index in [4.69, 9.17) is 11.6 Å². The molecule has 1 N–H and O–H groups in total. The standard InChI is InChI=1S/C17H17BrClN3O/c18-14-1-6-17(23)13(11-14)12-20-22-9-7-21(8-10-22)16-4-2-15(19)3-5-16/h1-6,11-12,23H,7-10H2. The van der Waals surface area contributed by atoms with Crippen LogP contribution in [0.2, 0.25) is 5.02 Å². The molecule has 0 radical (unpaired) electrons. The summed E-state index contributed by atoms with van der Waals surface area (Å²) in [5.41, 5.74) is 1.89. The summed E-state index contributed by atoms with van der Waals surface area (Å²) in [7, 11) is 0. The Morgan fingerprint density at radius 3 is 2.43 bits per heavy atom. The second kappa shape index (κ2) is 7.23. The zero-order valence-electron chi connectivity index (χ0n) is 12.5. The van der Waals surface area contributed by atoms with Crippen molar-refractivity contribution in [2.75, 3.05) is 31.1 Å². The number of phenolic OH excluding ortho intramolecular Hbond substituents is 1. The Morgan fingerprint density at radius 2 is 1.74 bits per heavy atom. The first-order valence-corrected chi connectivity index (χ1v) is 8.57.